The number of aryl methyl sites for hydroxylation is 2. The zero-order chi connectivity index (χ0) is 11.1. The lowest BCUT2D eigenvalue weighted by molar-refractivity contribution is 0.285. The van der Waals surface area contributed by atoms with Gasteiger partial charge < -0.3 is 9.72 Å². The normalized spacial score (nSPS) is 14.6. The summed E-state index contributed by atoms with van der Waals surface area (Å²) in [6, 6.07) is 1.94. The van der Waals surface area contributed by atoms with Gasteiger partial charge in [-0.1, -0.05) is 0 Å². The van der Waals surface area contributed by atoms with Gasteiger partial charge in [0.25, 0.3) is 5.56 Å². The van der Waals surface area contributed by atoms with E-state index in [1.54, 1.807) is 0 Å². The molecule has 0 atom stereocenters. The lowest BCUT2D eigenvalue weighted by Crippen LogP contribution is -2.19. The average molecular weight is 216 g/mol. The SMILES string of the molecule is Cc1cnc2c3c(c(=O)[nH]c2c1)OCCC3. The first kappa shape index (κ1) is 9.39. The number of hydrogen-bond donors (Lipinski definition) is 1. The van der Waals surface area contributed by atoms with Crippen molar-refractivity contribution < 1.29 is 4.74 Å². The van der Waals surface area contributed by atoms with Gasteiger partial charge in [-0.2, -0.15) is 0 Å². The Hall–Kier alpha value is -1.84. The van der Waals surface area contributed by atoms with Crippen LogP contribution in [0.1, 0.15) is 17.5 Å². The summed E-state index contributed by atoms with van der Waals surface area (Å²) in [5.74, 6) is 0.454. The van der Waals surface area contributed by atoms with Crippen molar-refractivity contribution in [2.45, 2.75) is 19.8 Å². The van der Waals surface area contributed by atoms with Crippen molar-refractivity contribution in [1.29, 1.82) is 0 Å². The molecule has 2 aromatic rings. The van der Waals surface area contributed by atoms with E-state index < -0.39 is 0 Å². The lowest BCUT2D eigenvalue weighted by atomic mass is 10.1. The summed E-state index contributed by atoms with van der Waals surface area (Å²) in [6.45, 7) is 2.58. The van der Waals surface area contributed by atoms with E-state index in [-0.39, 0.29) is 5.56 Å². The second kappa shape index (κ2) is 3.33. The quantitative estimate of drug-likeness (QED) is 0.727. The first-order valence-electron chi connectivity index (χ1n) is 5.40. The molecule has 0 unspecified atom stereocenters. The van der Waals surface area contributed by atoms with Gasteiger partial charge in [-0.15, -0.1) is 0 Å². The van der Waals surface area contributed by atoms with Crippen LogP contribution in [0.15, 0.2) is 17.1 Å². The van der Waals surface area contributed by atoms with E-state index in [9.17, 15) is 4.79 Å². The first-order valence-corrected chi connectivity index (χ1v) is 5.40. The van der Waals surface area contributed by atoms with Crippen LogP contribution in [-0.2, 0) is 6.42 Å². The van der Waals surface area contributed by atoms with Gasteiger partial charge in [0.15, 0.2) is 5.75 Å². The van der Waals surface area contributed by atoms with Gasteiger partial charge in [0.2, 0.25) is 0 Å². The molecule has 4 heteroatoms. The highest BCUT2D eigenvalue weighted by atomic mass is 16.5. The molecule has 0 fully saturated rings. The molecule has 3 heterocycles. The van der Waals surface area contributed by atoms with Crippen molar-refractivity contribution in [2.75, 3.05) is 6.61 Å². The Labute approximate surface area is 92.3 Å². The van der Waals surface area contributed by atoms with Crippen molar-refractivity contribution in [3.8, 4) is 5.75 Å². The molecule has 0 amide bonds. The van der Waals surface area contributed by atoms with Crippen molar-refractivity contribution >= 4 is 11.0 Å². The van der Waals surface area contributed by atoms with Crippen LogP contribution in [0, 0.1) is 6.92 Å². The highest BCUT2D eigenvalue weighted by molar-refractivity contribution is 5.80. The van der Waals surface area contributed by atoms with Crippen LogP contribution in [0.3, 0.4) is 0 Å². The van der Waals surface area contributed by atoms with E-state index >= 15 is 0 Å². The Morgan fingerprint density at radius 3 is 3.25 bits per heavy atom. The van der Waals surface area contributed by atoms with E-state index in [1.165, 1.54) is 0 Å². The fourth-order valence-corrected chi connectivity index (χ4v) is 2.14. The van der Waals surface area contributed by atoms with Gasteiger partial charge >= 0.3 is 0 Å². The van der Waals surface area contributed by atoms with Gasteiger partial charge in [0.05, 0.1) is 17.6 Å². The van der Waals surface area contributed by atoms with Gasteiger partial charge in [-0.3, -0.25) is 9.78 Å². The largest absolute Gasteiger partial charge is 0.488 e. The number of fused-ring (bicyclic) bond motifs is 3. The van der Waals surface area contributed by atoms with Crippen LogP contribution in [0.25, 0.3) is 11.0 Å². The molecule has 1 aliphatic heterocycles. The monoisotopic (exact) mass is 216 g/mol. The van der Waals surface area contributed by atoms with Gasteiger partial charge in [0.1, 0.15) is 0 Å². The Balaban J connectivity index is 2.42. The highest BCUT2D eigenvalue weighted by Gasteiger charge is 2.18. The summed E-state index contributed by atoms with van der Waals surface area (Å²) in [5, 5.41) is 0. The standard InChI is InChI=1S/C12H12N2O2/c1-7-5-9-10(13-6-7)8-3-2-4-16-11(8)12(15)14-9/h5-6H,2-4H2,1H3,(H,14,15). The second-order valence-corrected chi connectivity index (χ2v) is 4.12. The molecule has 0 spiro atoms. The number of nitrogens with one attached hydrogen (secondary N) is 1. The molecule has 0 radical (unpaired) electrons. The van der Waals surface area contributed by atoms with Crippen LogP contribution < -0.4 is 10.3 Å². The van der Waals surface area contributed by atoms with Crippen LogP contribution in [0.2, 0.25) is 0 Å². The predicted molar refractivity (Wildman–Crippen MR) is 60.9 cm³/mol. The predicted octanol–water partition coefficient (Wildman–Crippen LogP) is 1.56. The third-order valence-electron chi connectivity index (χ3n) is 2.86. The topological polar surface area (TPSA) is 55.0 Å². The Morgan fingerprint density at radius 2 is 2.38 bits per heavy atom. The zero-order valence-corrected chi connectivity index (χ0v) is 9.04. The molecule has 82 valence electrons. The Kier molecular flexibility index (Phi) is 1.96. The van der Waals surface area contributed by atoms with Gasteiger partial charge in [0, 0.05) is 11.8 Å². The fraction of sp³-hybridized carbons (Fsp3) is 0.333. The number of nitrogens with zero attached hydrogens (tertiary/aromatic N) is 1. The third kappa shape index (κ3) is 1.30. The number of rotatable bonds is 0. The molecule has 0 aliphatic carbocycles. The van der Waals surface area contributed by atoms with Crippen molar-refractivity contribution in [3.63, 3.8) is 0 Å². The van der Waals surface area contributed by atoms with Gasteiger partial charge in [-0.25, -0.2) is 0 Å². The number of H-pyrrole nitrogens is 1. The Morgan fingerprint density at radius 1 is 1.50 bits per heavy atom. The van der Waals surface area contributed by atoms with E-state index in [4.69, 9.17) is 4.74 Å². The van der Waals surface area contributed by atoms with E-state index in [0.717, 1.165) is 35.0 Å². The lowest BCUT2D eigenvalue weighted by Gasteiger charge is -2.17. The molecule has 16 heavy (non-hydrogen) atoms. The van der Waals surface area contributed by atoms with Crippen molar-refractivity contribution in [2.24, 2.45) is 0 Å². The molecule has 3 rings (SSSR count). The molecular weight excluding hydrogens is 204 g/mol. The summed E-state index contributed by atoms with van der Waals surface area (Å²) in [7, 11) is 0. The molecule has 4 nitrogen and oxygen atoms in total. The maximum absolute atomic E-state index is 11.8. The highest BCUT2D eigenvalue weighted by Crippen LogP contribution is 2.26. The van der Waals surface area contributed by atoms with Crippen molar-refractivity contribution in [3.05, 3.63) is 33.7 Å². The molecule has 0 bridgehead atoms. The summed E-state index contributed by atoms with van der Waals surface area (Å²) < 4.78 is 5.41. The third-order valence-corrected chi connectivity index (χ3v) is 2.86. The van der Waals surface area contributed by atoms with Crippen LogP contribution in [0.5, 0.6) is 5.75 Å². The summed E-state index contributed by atoms with van der Waals surface area (Å²) in [5.41, 5.74) is 3.51. The number of hydrogen-bond acceptors (Lipinski definition) is 3. The average Bonchev–Trinajstić information content (AvgIpc) is 2.29. The van der Waals surface area contributed by atoms with Crippen LogP contribution in [-0.4, -0.2) is 16.6 Å². The minimum absolute atomic E-state index is 0.144. The molecule has 2 aromatic heterocycles. The smallest absolute Gasteiger partial charge is 0.291 e. The van der Waals surface area contributed by atoms with Crippen LogP contribution in [0.4, 0.5) is 0 Å². The molecule has 0 saturated heterocycles. The van der Waals surface area contributed by atoms with Gasteiger partial charge in [-0.05, 0) is 31.4 Å². The summed E-state index contributed by atoms with van der Waals surface area (Å²) in [6.07, 6.45) is 3.63. The molecular formula is C12H12N2O2. The maximum atomic E-state index is 11.8. The first-order chi connectivity index (χ1) is 7.75. The zero-order valence-electron chi connectivity index (χ0n) is 9.04. The molecule has 0 aromatic carbocycles. The Bertz CT molecular complexity index is 616. The van der Waals surface area contributed by atoms with Crippen molar-refractivity contribution in [1.82, 2.24) is 9.97 Å². The second-order valence-electron chi connectivity index (χ2n) is 4.12. The van der Waals surface area contributed by atoms with E-state index in [1.807, 2.05) is 19.2 Å². The van der Waals surface area contributed by atoms with E-state index in [0.29, 0.717) is 12.4 Å². The number of ether oxygens (including phenoxy) is 1. The summed E-state index contributed by atoms with van der Waals surface area (Å²) >= 11 is 0. The minimum atomic E-state index is -0.144. The summed E-state index contributed by atoms with van der Waals surface area (Å²) in [4.78, 5) is 19.0. The minimum Gasteiger partial charge on any atom is -0.488 e. The number of aromatic nitrogens is 2. The molecule has 1 aliphatic rings. The number of pyridine rings is 2. The fourth-order valence-electron chi connectivity index (χ4n) is 2.14. The number of aromatic amines is 1. The maximum Gasteiger partial charge on any atom is 0.291 e. The molecule has 0 saturated carbocycles. The van der Waals surface area contributed by atoms with E-state index in [2.05, 4.69) is 9.97 Å². The van der Waals surface area contributed by atoms with Crippen LogP contribution >= 0.6 is 0 Å². The molecule has 1 N–H and O–H groups in total.